The quantitative estimate of drug-likeness (QED) is 0.394. The lowest BCUT2D eigenvalue weighted by molar-refractivity contribution is 0.0954. The summed E-state index contributed by atoms with van der Waals surface area (Å²) in [6.45, 7) is 2.47. The van der Waals surface area contributed by atoms with E-state index in [9.17, 15) is 4.79 Å². The van der Waals surface area contributed by atoms with E-state index in [0.29, 0.717) is 12.1 Å². The number of amides is 1. The molecule has 4 heterocycles. The highest BCUT2D eigenvalue weighted by Crippen LogP contribution is 2.29. The number of pyridine rings is 1. The average molecular weight is 431 g/mol. The minimum atomic E-state index is -0.106. The molecule has 5 aromatic rings. The molecule has 0 radical (unpaired) electrons. The van der Waals surface area contributed by atoms with E-state index in [-0.39, 0.29) is 5.91 Å². The standard InChI is InChI=1S/C23H22N6OS/c1-14-21-15(13-18(19-9-6-12-31-19)27-22(21)29(2)28-14)23(30)24-11-5-10-20-25-16-7-3-4-8-17(16)26-20/h3-4,6-9,12-13H,5,10-11H2,1-2H3,(H,24,30)(H,25,26). The van der Waals surface area contributed by atoms with Gasteiger partial charge in [0.1, 0.15) is 5.82 Å². The summed E-state index contributed by atoms with van der Waals surface area (Å²) < 4.78 is 1.74. The second-order valence-corrected chi connectivity index (χ2v) is 8.45. The minimum absolute atomic E-state index is 0.106. The van der Waals surface area contributed by atoms with Gasteiger partial charge >= 0.3 is 0 Å². The third-order valence-electron chi connectivity index (χ3n) is 5.30. The fourth-order valence-electron chi connectivity index (χ4n) is 3.85. The molecule has 0 atom stereocenters. The molecule has 0 aliphatic carbocycles. The summed E-state index contributed by atoms with van der Waals surface area (Å²) in [5, 5.41) is 10.4. The molecule has 5 rings (SSSR count). The number of thiophene rings is 1. The van der Waals surface area contributed by atoms with Crippen molar-refractivity contribution in [2.24, 2.45) is 7.05 Å². The number of nitrogens with zero attached hydrogens (tertiary/aromatic N) is 4. The molecule has 0 aliphatic rings. The van der Waals surface area contributed by atoms with Crippen LogP contribution in [0.2, 0.25) is 0 Å². The van der Waals surface area contributed by atoms with Crippen LogP contribution in [-0.2, 0) is 13.5 Å². The smallest absolute Gasteiger partial charge is 0.252 e. The first-order chi connectivity index (χ1) is 15.1. The van der Waals surface area contributed by atoms with Gasteiger partial charge in [-0.3, -0.25) is 9.48 Å². The maximum atomic E-state index is 13.1. The molecule has 0 saturated heterocycles. The number of aromatic nitrogens is 5. The number of carbonyl (C=O) groups is 1. The van der Waals surface area contributed by atoms with Gasteiger partial charge in [0.2, 0.25) is 0 Å². The molecule has 4 aromatic heterocycles. The lowest BCUT2D eigenvalue weighted by atomic mass is 10.1. The Bertz CT molecular complexity index is 1350. The van der Waals surface area contributed by atoms with Crippen molar-refractivity contribution >= 4 is 39.3 Å². The van der Waals surface area contributed by atoms with Gasteiger partial charge in [-0.1, -0.05) is 18.2 Å². The maximum absolute atomic E-state index is 13.1. The normalized spacial score (nSPS) is 11.4. The molecular formula is C23H22N6OS. The number of H-pyrrole nitrogens is 1. The van der Waals surface area contributed by atoms with Gasteiger partial charge in [0.15, 0.2) is 5.65 Å². The Morgan fingerprint density at radius 2 is 2.06 bits per heavy atom. The van der Waals surface area contributed by atoms with Crippen LogP contribution >= 0.6 is 11.3 Å². The van der Waals surface area contributed by atoms with Crippen molar-refractivity contribution < 1.29 is 4.79 Å². The number of aromatic amines is 1. The maximum Gasteiger partial charge on any atom is 0.252 e. The highest BCUT2D eigenvalue weighted by molar-refractivity contribution is 7.13. The minimum Gasteiger partial charge on any atom is -0.352 e. The molecule has 0 fully saturated rings. The molecule has 8 heteroatoms. The van der Waals surface area contributed by atoms with Crippen LogP contribution in [0.4, 0.5) is 0 Å². The predicted octanol–water partition coefficient (Wildman–Crippen LogP) is 4.24. The Balaban J connectivity index is 1.34. The zero-order valence-electron chi connectivity index (χ0n) is 17.3. The van der Waals surface area contributed by atoms with Gasteiger partial charge in [-0.15, -0.1) is 11.3 Å². The fraction of sp³-hybridized carbons (Fsp3) is 0.217. The van der Waals surface area contributed by atoms with Crippen molar-refractivity contribution in [1.29, 1.82) is 0 Å². The fourth-order valence-corrected chi connectivity index (χ4v) is 4.54. The highest BCUT2D eigenvalue weighted by Gasteiger charge is 2.19. The number of hydrogen-bond acceptors (Lipinski definition) is 5. The second-order valence-electron chi connectivity index (χ2n) is 7.50. The Labute approximate surface area is 183 Å². The van der Waals surface area contributed by atoms with Crippen LogP contribution < -0.4 is 5.32 Å². The number of hydrogen-bond donors (Lipinski definition) is 2. The largest absolute Gasteiger partial charge is 0.352 e. The number of imidazole rings is 1. The first-order valence-corrected chi connectivity index (χ1v) is 11.1. The molecule has 1 aromatic carbocycles. The van der Waals surface area contributed by atoms with Gasteiger partial charge < -0.3 is 10.3 Å². The summed E-state index contributed by atoms with van der Waals surface area (Å²) in [6.07, 6.45) is 1.57. The number of para-hydroxylation sites is 2. The summed E-state index contributed by atoms with van der Waals surface area (Å²) in [6, 6.07) is 13.8. The summed E-state index contributed by atoms with van der Waals surface area (Å²) >= 11 is 1.60. The molecular weight excluding hydrogens is 408 g/mol. The van der Waals surface area contributed by atoms with Crippen molar-refractivity contribution in [3.8, 4) is 10.6 Å². The molecule has 0 saturated carbocycles. The van der Waals surface area contributed by atoms with Crippen LogP contribution in [0.5, 0.6) is 0 Å². The van der Waals surface area contributed by atoms with Crippen LogP contribution in [-0.4, -0.2) is 37.2 Å². The number of carbonyl (C=O) groups excluding carboxylic acids is 1. The Kier molecular flexibility index (Phi) is 4.99. The number of rotatable bonds is 6. The van der Waals surface area contributed by atoms with Gasteiger partial charge in [0.05, 0.1) is 38.2 Å². The molecule has 0 bridgehead atoms. The molecule has 2 N–H and O–H groups in total. The monoisotopic (exact) mass is 430 g/mol. The number of benzene rings is 1. The van der Waals surface area contributed by atoms with Crippen LogP contribution in [0, 0.1) is 6.92 Å². The van der Waals surface area contributed by atoms with Crippen LogP contribution in [0.3, 0.4) is 0 Å². The van der Waals surface area contributed by atoms with Crippen LogP contribution in [0.15, 0.2) is 47.8 Å². The summed E-state index contributed by atoms with van der Waals surface area (Å²) in [5.74, 6) is 0.829. The van der Waals surface area contributed by atoms with E-state index in [4.69, 9.17) is 4.98 Å². The topological polar surface area (TPSA) is 88.5 Å². The van der Waals surface area contributed by atoms with E-state index in [1.54, 1.807) is 16.0 Å². The van der Waals surface area contributed by atoms with Gasteiger partial charge in [-0.05, 0) is 43.0 Å². The van der Waals surface area contributed by atoms with Crippen molar-refractivity contribution in [2.75, 3.05) is 6.54 Å². The van der Waals surface area contributed by atoms with E-state index in [0.717, 1.165) is 57.0 Å². The number of aryl methyl sites for hydroxylation is 3. The van der Waals surface area contributed by atoms with Crippen LogP contribution in [0.1, 0.15) is 28.3 Å². The Morgan fingerprint density at radius 1 is 1.19 bits per heavy atom. The van der Waals surface area contributed by atoms with Crippen LogP contribution in [0.25, 0.3) is 32.6 Å². The number of fused-ring (bicyclic) bond motifs is 2. The lowest BCUT2D eigenvalue weighted by Gasteiger charge is -2.08. The SMILES string of the molecule is Cc1nn(C)c2nc(-c3cccs3)cc(C(=O)NCCCc3nc4ccccc4[nH]3)c12. The van der Waals surface area contributed by atoms with E-state index >= 15 is 0 Å². The summed E-state index contributed by atoms with van der Waals surface area (Å²) in [4.78, 5) is 26.8. The Morgan fingerprint density at radius 3 is 2.87 bits per heavy atom. The van der Waals surface area contributed by atoms with E-state index < -0.39 is 0 Å². The van der Waals surface area contributed by atoms with Gasteiger partial charge in [-0.2, -0.15) is 5.10 Å². The third-order valence-corrected chi connectivity index (χ3v) is 6.19. The summed E-state index contributed by atoms with van der Waals surface area (Å²) in [7, 11) is 1.86. The molecule has 0 aliphatic heterocycles. The van der Waals surface area contributed by atoms with E-state index in [1.807, 2.05) is 61.8 Å². The van der Waals surface area contributed by atoms with Gasteiger partial charge in [0, 0.05) is 20.0 Å². The Hall–Kier alpha value is -3.52. The predicted molar refractivity (Wildman–Crippen MR) is 123 cm³/mol. The third kappa shape index (κ3) is 3.70. The molecule has 7 nitrogen and oxygen atoms in total. The number of nitrogens with one attached hydrogen (secondary N) is 2. The first-order valence-electron chi connectivity index (χ1n) is 10.2. The van der Waals surface area contributed by atoms with Gasteiger partial charge in [-0.25, -0.2) is 9.97 Å². The highest BCUT2D eigenvalue weighted by atomic mass is 32.1. The van der Waals surface area contributed by atoms with Crippen molar-refractivity contribution in [1.82, 2.24) is 30.0 Å². The average Bonchev–Trinajstić information content (AvgIpc) is 3.50. The van der Waals surface area contributed by atoms with Gasteiger partial charge in [0.25, 0.3) is 5.91 Å². The lowest BCUT2D eigenvalue weighted by Crippen LogP contribution is -2.25. The molecule has 31 heavy (non-hydrogen) atoms. The first kappa shape index (κ1) is 19.4. The molecule has 156 valence electrons. The van der Waals surface area contributed by atoms with Crippen molar-refractivity contribution in [2.45, 2.75) is 19.8 Å². The summed E-state index contributed by atoms with van der Waals surface area (Å²) in [5.41, 5.74) is 4.93. The van der Waals surface area contributed by atoms with E-state index in [2.05, 4.69) is 20.4 Å². The second kappa shape index (κ2) is 7.96. The molecule has 1 amide bonds. The van der Waals surface area contributed by atoms with Crippen molar-refractivity contribution in [3.63, 3.8) is 0 Å². The molecule has 0 unspecified atom stereocenters. The van der Waals surface area contributed by atoms with E-state index in [1.165, 1.54) is 0 Å². The van der Waals surface area contributed by atoms with Crippen molar-refractivity contribution in [3.05, 3.63) is 64.9 Å². The zero-order chi connectivity index (χ0) is 21.4. The molecule has 0 spiro atoms. The zero-order valence-corrected chi connectivity index (χ0v) is 18.2.